The van der Waals surface area contributed by atoms with Gasteiger partial charge in [-0.25, -0.2) is 9.78 Å². The predicted molar refractivity (Wildman–Crippen MR) is 107 cm³/mol. The van der Waals surface area contributed by atoms with Crippen molar-refractivity contribution in [3.63, 3.8) is 0 Å². The number of benzene rings is 1. The van der Waals surface area contributed by atoms with Crippen LogP contribution in [0.3, 0.4) is 0 Å². The number of likely N-dealkylation sites (tertiary alicyclic amines) is 1. The lowest BCUT2D eigenvalue weighted by atomic mass is 9.78. The highest BCUT2D eigenvalue weighted by Crippen LogP contribution is 2.38. The molecular formula is C21H27N3O6. The molecule has 1 aromatic carbocycles. The molecule has 9 nitrogen and oxygen atoms in total. The van der Waals surface area contributed by atoms with Crippen molar-refractivity contribution in [1.82, 2.24) is 14.9 Å². The van der Waals surface area contributed by atoms with Gasteiger partial charge in [0.1, 0.15) is 23.2 Å². The Hall–Kier alpha value is -2.91. The van der Waals surface area contributed by atoms with Crippen molar-refractivity contribution in [2.75, 3.05) is 20.2 Å². The van der Waals surface area contributed by atoms with E-state index in [0.717, 1.165) is 31.9 Å². The maximum absolute atomic E-state index is 12.0. The summed E-state index contributed by atoms with van der Waals surface area (Å²) in [6.45, 7) is 2.48. The summed E-state index contributed by atoms with van der Waals surface area (Å²) < 4.78 is 10.9. The van der Waals surface area contributed by atoms with E-state index in [1.165, 1.54) is 7.11 Å². The number of aliphatic hydroxyl groups is 1. The molecule has 0 spiro atoms. The minimum atomic E-state index is -0.541. The highest BCUT2D eigenvalue weighted by Gasteiger charge is 2.43. The smallest absolute Gasteiger partial charge is 0.341 e. The quantitative estimate of drug-likeness (QED) is 0.494. The summed E-state index contributed by atoms with van der Waals surface area (Å²) in [5, 5.41) is 17.5. The fourth-order valence-electron chi connectivity index (χ4n) is 4.35. The molecule has 1 saturated carbocycles. The number of carboxylic acid groups (broad SMARTS) is 1. The molecule has 2 aromatic rings. The zero-order chi connectivity index (χ0) is 21.5. The summed E-state index contributed by atoms with van der Waals surface area (Å²) in [6.07, 6.45) is 4.23. The molecule has 1 saturated heterocycles. The van der Waals surface area contributed by atoms with Crippen LogP contribution in [-0.2, 0) is 16.1 Å². The Morgan fingerprint density at radius 3 is 2.67 bits per heavy atom. The van der Waals surface area contributed by atoms with Crippen molar-refractivity contribution < 1.29 is 29.3 Å². The van der Waals surface area contributed by atoms with Gasteiger partial charge in [0.15, 0.2) is 0 Å². The number of nitrogens with zero attached hydrogens (tertiary/aromatic N) is 2. The first kappa shape index (κ1) is 21.8. The number of imidazole rings is 1. The second-order valence-electron chi connectivity index (χ2n) is 7.54. The number of carbonyl (C=O) groups is 2. The fourth-order valence-corrected chi connectivity index (χ4v) is 4.35. The van der Waals surface area contributed by atoms with Crippen molar-refractivity contribution >= 4 is 12.4 Å². The third-order valence-corrected chi connectivity index (χ3v) is 5.66. The molecule has 2 aliphatic rings. The van der Waals surface area contributed by atoms with Gasteiger partial charge in [0, 0.05) is 25.5 Å². The summed E-state index contributed by atoms with van der Waals surface area (Å²) >= 11 is 0. The maximum Gasteiger partial charge on any atom is 0.341 e. The monoisotopic (exact) mass is 417 g/mol. The molecule has 162 valence electrons. The average Bonchev–Trinajstić information content (AvgIpc) is 3.38. The van der Waals surface area contributed by atoms with Gasteiger partial charge in [-0.2, -0.15) is 0 Å². The molecule has 0 amide bonds. The van der Waals surface area contributed by atoms with E-state index in [1.54, 1.807) is 24.4 Å². The van der Waals surface area contributed by atoms with Gasteiger partial charge in [-0.1, -0.05) is 12.1 Å². The predicted octanol–water partition coefficient (Wildman–Crippen LogP) is 1.55. The second kappa shape index (κ2) is 10.2. The number of aromatic amines is 1. The molecule has 2 heterocycles. The van der Waals surface area contributed by atoms with E-state index in [1.807, 2.05) is 12.3 Å². The number of aliphatic hydroxyl groups excluding tert-OH is 1. The summed E-state index contributed by atoms with van der Waals surface area (Å²) in [7, 11) is 1.35. The number of methoxy groups -OCH3 is 1. The number of esters is 1. The van der Waals surface area contributed by atoms with Crippen molar-refractivity contribution in [3.05, 3.63) is 48.0 Å². The van der Waals surface area contributed by atoms with Gasteiger partial charge in [0.05, 0.1) is 19.8 Å². The summed E-state index contributed by atoms with van der Waals surface area (Å²) in [6, 6.07) is 7.03. The Morgan fingerprint density at radius 2 is 2.00 bits per heavy atom. The minimum Gasteiger partial charge on any atom is -0.487 e. The van der Waals surface area contributed by atoms with Crippen LogP contribution in [0.25, 0.3) is 0 Å². The standard InChI is InChI=1S/C20H25N3O4.CH2O2/c1-26-20(25)15-4-2-3-5-17(15)27-18-9-14-11-23(10-13(14)8-16(18)24)12-19-21-6-7-22-19;2-1-3/h2-7,13-14,16,18,24H,8-12H2,1H3,(H,21,22);1H,(H,2,3)/t13-,14+,16+,18+;/m0./s1. The normalized spacial score (nSPS) is 25.5. The van der Waals surface area contributed by atoms with Gasteiger partial charge in [-0.15, -0.1) is 0 Å². The van der Waals surface area contributed by atoms with Crippen LogP contribution in [0.2, 0.25) is 0 Å². The van der Waals surface area contributed by atoms with Crippen LogP contribution in [-0.4, -0.2) is 69.9 Å². The van der Waals surface area contributed by atoms with Crippen LogP contribution in [0, 0.1) is 11.8 Å². The fraction of sp³-hybridized carbons (Fsp3) is 0.476. The van der Waals surface area contributed by atoms with E-state index >= 15 is 0 Å². The van der Waals surface area contributed by atoms with Crippen LogP contribution in [0.1, 0.15) is 29.0 Å². The number of H-pyrrole nitrogens is 1. The van der Waals surface area contributed by atoms with Crippen molar-refractivity contribution in [2.45, 2.75) is 31.6 Å². The molecule has 3 N–H and O–H groups in total. The summed E-state index contributed by atoms with van der Waals surface area (Å²) in [5.74, 6) is 1.94. The Labute approximate surface area is 174 Å². The lowest BCUT2D eigenvalue weighted by molar-refractivity contribution is -0.122. The zero-order valence-corrected chi connectivity index (χ0v) is 16.8. The van der Waals surface area contributed by atoms with Gasteiger partial charge in [0.2, 0.25) is 0 Å². The first-order valence-corrected chi connectivity index (χ1v) is 9.86. The first-order chi connectivity index (χ1) is 14.5. The number of para-hydroxylation sites is 1. The van der Waals surface area contributed by atoms with E-state index in [9.17, 15) is 9.90 Å². The number of hydrogen-bond acceptors (Lipinski definition) is 7. The van der Waals surface area contributed by atoms with Gasteiger partial charge < -0.3 is 24.7 Å². The third kappa shape index (κ3) is 5.17. The van der Waals surface area contributed by atoms with Crippen molar-refractivity contribution in [3.8, 4) is 5.75 Å². The second-order valence-corrected chi connectivity index (χ2v) is 7.54. The molecule has 9 heteroatoms. The van der Waals surface area contributed by atoms with E-state index in [0.29, 0.717) is 29.6 Å². The molecule has 30 heavy (non-hydrogen) atoms. The molecule has 2 fully saturated rings. The Bertz CT molecular complexity index is 828. The van der Waals surface area contributed by atoms with Crippen LogP contribution < -0.4 is 4.74 Å². The number of fused-ring (bicyclic) bond motifs is 1. The van der Waals surface area contributed by atoms with E-state index < -0.39 is 12.1 Å². The first-order valence-electron chi connectivity index (χ1n) is 9.86. The third-order valence-electron chi connectivity index (χ3n) is 5.66. The highest BCUT2D eigenvalue weighted by atomic mass is 16.5. The number of aromatic nitrogens is 2. The average molecular weight is 417 g/mol. The van der Waals surface area contributed by atoms with E-state index in [-0.39, 0.29) is 12.6 Å². The largest absolute Gasteiger partial charge is 0.487 e. The van der Waals surface area contributed by atoms with E-state index in [2.05, 4.69) is 14.9 Å². The minimum absolute atomic E-state index is 0.250. The van der Waals surface area contributed by atoms with Crippen LogP contribution in [0.15, 0.2) is 36.7 Å². The number of ether oxygens (including phenoxy) is 2. The van der Waals surface area contributed by atoms with E-state index in [4.69, 9.17) is 19.4 Å². The molecule has 1 aromatic heterocycles. The molecular weight excluding hydrogens is 390 g/mol. The molecule has 0 unspecified atom stereocenters. The summed E-state index contributed by atoms with van der Waals surface area (Å²) in [4.78, 5) is 30.1. The topological polar surface area (TPSA) is 125 Å². The Balaban J connectivity index is 0.000000806. The van der Waals surface area contributed by atoms with Crippen LogP contribution in [0.4, 0.5) is 0 Å². The lowest BCUT2D eigenvalue weighted by Crippen LogP contribution is -2.42. The lowest BCUT2D eigenvalue weighted by Gasteiger charge is -2.35. The van der Waals surface area contributed by atoms with Gasteiger partial charge in [-0.3, -0.25) is 9.69 Å². The highest BCUT2D eigenvalue weighted by molar-refractivity contribution is 5.92. The van der Waals surface area contributed by atoms with Crippen LogP contribution >= 0.6 is 0 Å². The summed E-state index contributed by atoms with van der Waals surface area (Å²) in [5.41, 5.74) is 0.389. The molecule has 4 atom stereocenters. The van der Waals surface area contributed by atoms with Gasteiger partial charge in [0.25, 0.3) is 6.47 Å². The van der Waals surface area contributed by atoms with Crippen LogP contribution in [0.5, 0.6) is 5.75 Å². The number of rotatable bonds is 5. The number of hydrogen-bond donors (Lipinski definition) is 3. The zero-order valence-electron chi connectivity index (χ0n) is 16.8. The molecule has 0 bridgehead atoms. The molecule has 0 radical (unpaired) electrons. The van der Waals surface area contributed by atoms with Crippen molar-refractivity contribution in [1.29, 1.82) is 0 Å². The number of carbonyl (C=O) groups excluding carboxylic acids is 1. The Kier molecular flexibility index (Phi) is 7.42. The number of nitrogens with one attached hydrogen (secondary N) is 1. The Morgan fingerprint density at radius 1 is 1.30 bits per heavy atom. The maximum atomic E-state index is 12.0. The molecule has 1 aliphatic heterocycles. The molecule has 4 rings (SSSR count). The van der Waals surface area contributed by atoms with Crippen molar-refractivity contribution in [2.24, 2.45) is 11.8 Å². The SMILES string of the molecule is COC(=O)c1ccccc1O[C@@H]1C[C@@H]2CN(Cc3ncc[nH]3)C[C@@H]2C[C@H]1O.O=CO. The van der Waals surface area contributed by atoms with Gasteiger partial charge >= 0.3 is 5.97 Å². The molecule has 1 aliphatic carbocycles. The van der Waals surface area contributed by atoms with Gasteiger partial charge in [-0.05, 0) is 36.8 Å².